The van der Waals surface area contributed by atoms with Gasteiger partial charge < -0.3 is 5.32 Å². The van der Waals surface area contributed by atoms with Crippen LogP contribution in [-0.2, 0) is 18.7 Å². The van der Waals surface area contributed by atoms with Crippen LogP contribution in [0.4, 0.5) is 0 Å². The molecule has 2 nitrogen and oxygen atoms in total. The third-order valence-electron chi connectivity index (χ3n) is 2.40. The van der Waals surface area contributed by atoms with Crippen molar-refractivity contribution in [3.05, 3.63) is 15.6 Å². The molecule has 0 aliphatic rings. The van der Waals surface area contributed by atoms with Crippen LogP contribution >= 0.6 is 23.1 Å². The van der Waals surface area contributed by atoms with Gasteiger partial charge in [0.1, 0.15) is 5.01 Å². The molecule has 1 aromatic heterocycles. The average Bonchev–Trinajstić information content (AvgIpc) is 2.69. The highest BCUT2D eigenvalue weighted by Gasteiger charge is 2.09. The molecule has 98 valence electrons. The summed E-state index contributed by atoms with van der Waals surface area (Å²) in [5.41, 5.74) is 1.29. The second kappa shape index (κ2) is 8.11. The predicted octanol–water partition coefficient (Wildman–Crippen LogP) is 3.85. The molecule has 0 aliphatic heterocycles. The molecule has 1 N–H and O–H groups in total. The van der Waals surface area contributed by atoms with Gasteiger partial charge in [-0.1, -0.05) is 27.7 Å². The summed E-state index contributed by atoms with van der Waals surface area (Å²) in [5, 5.41) is 4.77. The largest absolute Gasteiger partial charge is 0.310 e. The van der Waals surface area contributed by atoms with Gasteiger partial charge in [-0.15, -0.1) is 11.3 Å². The van der Waals surface area contributed by atoms with Crippen molar-refractivity contribution < 1.29 is 0 Å². The van der Waals surface area contributed by atoms with E-state index in [1.165, 1.54) is 27.8 Å². The van der Waals surface area contributed by atoms with Crippen molar-refractivity contribution in [1.82, 2.24) is 10.3 Å². The lowest BCUT2D eigenvalue weighted by Gasteiger charge is -2.06. The number of thioether (sulfide) groups is 1. The van der Waals surface area contributed by atoms with E-state index in [-0.39, 0.29) is 0 Å². The molecule has 0 unspecified atom stereocenters. The van der Waals surface area contributed by atoms with Crippen LogP contribution in [0.5, 0.6) is 0 Å². The molecule has 17 heavy (non-hydrogen) atoms. The molecule has 0 atom stereocenters. The number of thiazole rings is 1. The van der Waals surface area contributed by atoms with Crippen LogP contribution in [0.25, 0.3) is 0 Å². The fourth-order valence-electron chi connectivity index (χ4n) is 1.51. The quantitative estimate of drug-likeness (QED) is 0.728. The van der Waals surface area contributed by atoms with E-state index in [0.717, 1.165) is 18.7 Å². The number of hydrogen-bond donors (Lipinski definition) is 1. The van der Waals surface area contributed by atoms with E-state index in [1.807, 2.05) is 23.1 Å². The molecule has 0 aliphatic carbocycles. The molecule has 0 aromatic carbocycles. The molecule has 0 saturated carbocycles. The molecule has 0 radical (unpaired) electrons. The summed E-state index contributed by atoms with van der Waals surface area (Å²) in [5.74, 6) is 2.31. The van der Waals surface area contributed by atoms with Crippen molar-refractivity contribution in [1.29, 1.82) is 0 Å². The zero-order chi connectivity index (χ0) is 12.7. The summed E-state index contributed by atoms with van der Waals surface area (Å²) in [4.78, 5) is 6.16. The Bertz CT molecular complexity index is 321. The van der Waals surface area contributed by atoms with E-state index in [1.54, 1.807) is 0 Å². The monoisotopic (exact) mass is 272 g/mol. The third-order valence-corrected chi connectivity index (χ3v) is 4.86. The van der Waals surface area contributed by atoms with Crippen molar-refractivity contribution in [3.8, 4) is 0 Å². The van der Waals surface area contributed by atoms with Crippen LogP contribution < -0.4 is 5.32 Å². The number of nitrogens with one attached hydrogen (secondary N) is 1. The summed E-state index contributed by atoms with van der Waals surface area (Å²) in [7, 11) is 0. The topological polar surface area (TPSA) is 24.9 Å². The Labute approximate surface area is 114 Å². The maximum Gasteiger partial charge on any atom is 0.103 e. The van der Waals surface area contributed by atoms with Crippen LogP contribution in [0, 0.1) is 0 Å². The highest BCUT2D eigenvalue weighted by Crippen LogP contribution is 2.23. The van der Waals surface area contributed by atoms with E-state index in [4.69, 9.17) is 4.98 Å². The number of nitrogens with zero attached hydrogens (tertiary/aromatic N) is 1. The fourth-order valence-corrected chi connectivity index (χ4v) is 3.57. The summed E-state index contributed by atoms with van der Waals surface area (Å²) >= 11 is 3.87. The maximum atomic E-state index is 4.74. The molecular formula is C13H24N2S2. The first-order chi connectivity index (χ1) is 8.17. The van der Waals surface area contributed by atoms with Gasteiger partial charge in [-0.05, 0) is 18.6 Å². The Hall–Kier alpha value is -0.0600. The normalized spacial score (nSPS) is 11.4. The Morgan fingerprint density at radius 1 is 1.35 bits per heavy atom. The summed E-state index contributed by atoms with van der Waals surface area (Å²) in [6.07, 6.45) is 2.29. The van der Waals surface area contributed by atoms with E-state index in [9.17, 15) is 0 Å². The molecule has 0 bridgehead atoms. The van der Waals surface area contributed by atoms with Gasteiger partial charge in [-0.3, -0.25) is 0 Å². The van der Waals surface area contributed by atoms with Crippen LogP contribution in [0.2, 0.25) is 0 Å². The van der Waals surface area contributed by atoms with Crippen LogP contribution in [0.1, 0.15) is 49.7 Å². The Kier molecular flexibility index (Phi) is 7.16. The van der Waals surface area contributed by atoms with E-state index in [0.29, 0.717) is 6.04 Å². The van der Waals surface area contributed by atoms with E-state index in [2.05, 4.69) is 33.0 Å². The fraction of sp³-hybridized carbons (Fsp3) is 0.769. The molecule has 1 heterocycles. The van der Waals surface area contributed by atoms with E-state index >= 15 is 0 Å². The Morgan fingerprint density at radius 3 is 2.71 bits per heavy atom. The number of aromatic nitrogens is 1. The highest BCUT2D eigenvalue weighted by molar-refractivity contribution is 7.98. The van der Waals surface area contributed by atoms with Gasteiger partial charge in [-0.2, -0.15) is 11.8 Å². The summed E-state index contributed by atoms with van der Waals surface area (Å²) in [6.45, 7) is 9.76. The molecule has 0 fully saturated rings. The molecule has 0 amide bonds. The second-order valence-electron chi connectivity index (χ2n) is 4.42. The zero-order valence-electron chi connectivity index (χ0n) is 11.4. The van der Waals surface area contributed by atoms with Crippen molar-refractivity contribution in [2.24, 2.45) is 0 Å². The Morgan fingerprint density at radius 2 is 2.12 bits per heavy atom. The first-order valence-electron chi connectivity index (χ1n) is 6.45. The van der Waals surface area contributed by atoms with Crippen LogP contribution in [0.3, 0.4) is 0 Å². The minimum atomic E-state index is 0.541. The third kappa shape index (κ3) is 5.40. The summed E-state index contributed by atoms with van der Waals surface area (Å²) in [6, 6.07) is 0.541. The number of rotatable bonds is 8. The average molecular weight is 272 g/mol. The standard InChI is InChI=1S/C13H24N2S2/c1-5-7-16-9-13-15-11(6-2)12(17-13)8-14-10(3)4/h10,14H,5-9H2,1-4H3. The van der Waals surface area contributed by atoms with Gasteiger partial charge in [0.05, 0.1) is 5.69 Å². The van der Waals surface area contributed by atoms with Gasteiger partial charge >= 0.3 is 0 Å². The van der Waals surface area contributed by atoms with Gasteiger partial charge in [-0.25, -0.2) is 4.98 Å². The maximum absolute atomic E-state index is 4.74. The lowest BCUT2D eigenvalue weighted by atomic mass is 10.3. The van der Waals surface area contributed by atoms with Crippen molar-refractivity contribution in [3.63, 3.8) is 0 Å². The molecular weight excluding hydrogens is 248 g/mol. The first kappa shape index (κ1) is 15.0. The van der Waals surface area contributed by atoms with Gasteiger partial charge in [0.25, 0.3) is 0 Å². The lowest BCUT2D eigenvalue weighted by Crippen LogP contribution is -2.21. The highest BCUT2D eigenvalue weighted by atomic mass is 32.2. The van der Waals surface area contributed by atoms with Gasteiger partial charge in [0, 0.05) is 23.2 Å². The molecule has 1 rings (SSSR count). The van der Waals surface area contributed by atoms with E-state index < -0.39 is 0 Å². The summed E-state index contributed by atoms with van der Waals surface area (Å²) < 4.78 is 0. The van der Waals surface area contributed by atoms with Crippen molar-refractivity contribution >= 4 is 23.1 Å². The predicted molar refractivity (Wildman–Crippen MR) is 79.9 cm³/mol. The zero-order valence-corrected chi connectivity index (χ0v) is 13.0. The van der Waals surface area contributed by atoms with Crippen molar-refractivity contribution in [2.75, 3.05) is 5.75 Å². The van der Waals surface area contributed by atoms with Crippen molar-refractivity contribution in [2.45, 2.75) is 58.9 Å². The first-order valence-corrected chi connectivity index (χ1v) is 8.43. The second-order valence-corrected chi connectivity index (χ2v) is 6.69. The van der Waals surface area contributed by atoms with Crippen LogP contribution in [0.15, 0.2) is 0 Å². The number of aryl methyl sites for hydroxylation is 1. The number of hydrogen-bond acceptors (Lipinski definition) is 4. The van der Waals surface area contributed by atoms with Gasteiger partial charge in [0.2, 0.25) is 0 Å². The molecule has 0 saturated heterocycles. The smallest absolute Gasteiger partial charge is 0.103 e. The lowest BCUT2D eigenvalue weighted by molar-refractivity contribution is 0.590. The molecule has 0 spiro atoms. The van der Waals surface area contributed by atoms with Crippen LogP contribution in [-0.4, -0.2) is 16.8 Å². The molecule has 4 heteroatoms. The van der Waals surface area contributed by atoms with Gasteiger partial charge in [0.15, 0.2) is 0 Å². The molecule has 1 aromatic rings. The minimum absolute atomic E-state index is 0.541. The minimum Gasteiger partial charge on any atom is -0.310 e. The SMILES string of the molecule is CCCSCc1nc(CC)c(CNC(C)C)s1. The Balaban J connectivity index is 2.56.